The van der Waals surface area contributed by atoms with E-state index < -0.39 is 10.2 Å². The van der Waals surface area contributed by atoms with Gasteiger partial charge in [0.2, 0.25) is 5.88 Å². The summed E-state index contributed by atoms with van der Waals surface area (Å²) >= 11 is 1.39. The molecule has 9 nitrogen and oxygen atoms in total. The maximum Gasteiger partial charge on any atom is 0.302 e. The van der Waals surface area contributed by atoms with Crippen LogP contribution in [0.5, 0.6) is 5.88 Å². The number of aromatic nitrogens is 4. The van der Waals surface area contributed by atoms with Gasteiger partial charge in [-0.15, -0.1) is 0 Å². The Labute approximate surface area is 150 Å². The molecule has 0 unspecified atom stereocenters. The molecule has 0 aromatic carbocycles. The Morgan fingerprint density at radius 2 is 2.16 bits per heavy atom. The van der Waals surface area contributed by atoms with Crippen molar-refractivity contribution in [1.29, 1.82) is 0 Å². The Morgan fingerprint density at radius 3 is 2.80 bits per heavy atom. The molecule has 1 saturated heterocycles. The van der Waals surface area contributed by atoms with Gasteiger partial charge < -0.3 is 4.74 Å². The molecule has 11 heteroatoms. The van der Waals surface area contributed by atoms with Gasteiger partial charge in [-0.25, -0.2) is 4.98 Å². The van der Waals surface area contributed by atoms with Crippen molar-refractivity contribution in [3.8, 4) is 5.88 Å². The van der Waals surface area contributed by atoms with Crippen LogP contribution in [0.3, 0.4) is 0 Å². The monoisotopic (exact) mass is 382 g/mol. The number of nitrogens with zero attached hydrogens (tertiary/aromatic N) is 5. The molecule has 1 aliphatic rings. The van der Waals surface area contributed by atoms with Crippen LogP contribution >= 0.6 is 11.8 Å². The SMILES string of the molecule is COc1cc(NS(=O)(=O)N2CCC2)nc(SCCc2cnccn2)n1. The molecule has 1 N–H and O–H groups in total. The van der Waals surface area contributed by atoms with E-state index in [4.69, 9.17) is 4.74 Å². The Hall–Kier alpha value is -1.98. The average Bonchev–Trinajstić information content (AvgIpc) is 2.53. The summed E-state index contributed by atoms with van der Waals surface area (Å²) in [5.41, 5.74) is 0.872. The van der Waals surface area contributed by atoms with E-state index in [1.807, 2.05) is 0 Å². The predicted octanol–water partition coefficient (Wildman–Crippen LogP) is 0.972. The Bertz CT molecular complexity index is 815. The standard InChI is InChI=1S/C14H18N6O3S2/c1-23-13-9-12(19-25(21,22)20-6-2-7-20)17-14(18-13)24-8-3-11-10-15-4-5-16-11/h4-5,9-10H,2-3,6-8H2,1H3,(H,17,18,19). The summed E-state index contributed by atoms with van der Waals surface area (Å²) in [6.45, 7) is 1.05. The Balaban J connectivity index is 1.67. The van der Waals surface area contributed by atoms with Crippen LogP contribution in [0.4, 0.5) is 5.82 Å². The van der Waals surface area contributed by atoms with E-state index >= 15 is 0 Å². The summed E-state index contributed by atoms with van der Waals surface area (Å²) in [6, 6.07) is 1.46. The number of aryl methyl sites for hydroxylation is 1. The predicted molar refractivity (Wildman–Crippen MR) is 93.8 cm³/mol. The number of hydrogen-bond donors (Lipinski definition) is 1. The highest BCUT2D eigenvalue weighted by molar-refractivity contribution is 7.99. The van der Waals surface area contributed by atoms with Crippen LogP contribution in [-0.2, 0) is 16.6 Å². The first-order valence-corrected chi connectivity index (χ1v) is 10.1. The van der Waals surface area contributed by atoms with Crippen molar-refractivity contribution < 1.29 is 13.2 Å². The van der Waals surface area contributed by atoms with Crippen molar-refractivity contribution >= 4 is 27.8 Å². The molecule has 0 radical (unpaired) electrons. The zero-order chi connectivity index (χ0) is 17.7. The van der Waals surface area contributed by atoms with Gasteiger partial charge in [-0.05, 0) is 6.42 Å². The fourth-order valence-corrected chi connectivity index (χ4v) is 4.10. The first-order valence-electron chi connectivity index (χ1n) is 7.65. The average molecular weight is 382 g/mol. The second-order valence-electron chi connectivity index (χ2n) is 5.23. The lowest BCUT2D eigenvalue weighted by Crippen LogP contribution is -2.45. The summed E-state index contributed by atoms with van der Waals surface area (Å²) in [7, 11) is -2.10. The van der Waals surface area contributed by atoms with Gasteiger partial charge in [0.15, 0.2) is 5.16 Å². The van der Waals surface area contributed by atoms with Crippen LogP contribution < -0.4 is 9.46 Å². The number of nitrogens with one attached hydrogen (secondary N) is 1. The number of thioether (sulfide) groups is 1. The molecule has 3 heterocycles. The van der Waals surface area contributed by atoms with Gasteiger partial charge in [-0.1, -0.05) is 11.8 Å². The summed E-state index contributed by atoms with van der Waals surface area (Å²) in [5, 5.41) is 0.435. The number of methoxy groups -OCH3 is 1. The quantitative estimate of drug-likeness (QED) is 0.531. The van der Waals surface area contributed by atoms with Crippen LogP contribution in [0.25, 0.3) is 0 Å². The summed E-state index contributed by atoms with van der Waals surface area (Å²) in [4.78, 5) is 16.7. The maximum absolute atomic E-state index is 12.2. The van der Waals surface area contributed by atoms with Crippen molar-refractivity contribution in [2.75, 3.05) is 30.7 Å². The van der Waals surface area contributed by atoms with Crippen molar-refractivity contribution in [1.82, 2.24) is 24.2 Å². The molecule has 1 fully saturated rings. The van der Waals surface area contributed by atoms with Crippen molar-refractivity contribution in [2.24, 2.45) is 0 Å². The minimum absolute atomic E-state index is 0.195. The van der Waals surface area contributed by atoms with Crippen molar-refractivity contribution in [3.63, 3.8) is 0 Å². The van der Waals surface area contributed by atoms with E-state index in [9.17, 15) is 8.42 Å². The molecule has 0 atom stereocenters. The smallest absolute Gasteiger partial charge is 0.302 e. The molecule has 2 aromatic heterocycles. The van der Waals surface area contributed by atoms with E-state index in [1.165, 1.54) is 29.2 Å². The fourth-order valence-electron chi connectivity index (χ4n) is 2.06. The number of rotatable bonds is 8. The molecular weight excluding hydrogens is 364 g/mol. The highest BCUT2D eigenvalue weighted by atomic mass is 32.2. The molecule has 134 valence electrons. The van der Waals surface area contributed by atoms with E-state index in [-0.39, 0.29) is 5.82 Å². The number of ether oxygens (including phenoxy) is 1. The van der Waals surface area contributed by atoms with Crippen molar-refractivity contribution in [2.45, 2.75) is 18.0 Å². The van der Waals surface area contributed by atoms with Gasteiger partial charge in [0.1, 0.15) is 5.82 Å². The first-order chi connectivity index (χ1) is 12.1. The third kappa shape index (κ3) is 4.77. The van der Waals surface area contributed by atoms with Crippen LogP contribution in [0.15, 0.2) is 29.8 Å². The third-order valence-electron chi connectivity index (χ3n) is 3.49. The van der Waals surface area contributed by atoms with Crippen molar-refractivity contribution in [3.05, 3.63) is 30.4 Å². The summed E-state index contributed by atoms with van der Waals surface area (Å²) < 4.78 is 33.3. The molecule has 1 aliphatic heterocycles. The third-order valence-corrected chi connectivity index (χ3v) is 5.85. The molecule has 0 amide bonds. The lowest BCUT2D eigenvalue weighted by Gasteiger charge is -2.29. The lowest BCUT2D eigenvalue weighted by molar-refractivity contribution is 0.311. The number of hydrogen-bond acceptors (Lipinski definition) is 8. The topological polar surface area (TPSA) is 110 Å². The lowest BCUT2D eigenvalue weighted by atomic mass is 10.3. The molecule has 0 saturated carbocycles. The zero-order valence-electron chi connectivity index (χ0n) is 13.6. The minimum atomic E-state index is -3.57. The second kappa shape index (κ2) is 7.93. The molecule has 0 aliphatic carbocycles. The first kappa shape index (κ1) is 17.8. The molecular formula is C14H18N6O3S2. The summed E-state index contributed by atoms with van der Waals surface area (Å²) in [5.74, 6) is 1.18. The van der Waals surface area contributed by atoms with Gasteiger partial charge in [0.05, 0.1) is 12.8 Å². The van der Waals surface area contributed by atoms with Crippen LogP contribution in [0, 0.1) is 0 Å². The van der Waals surface area contributed by atoms with E-state index in [2.05, 4.69) is 24.7 Å². The van der Waals surface area contributed by atoms with Crippen LogP contribution in [-0.4, -0.2) is 58.6 Å². The Morgan fingerprint density at radius 1 is 1.32 bits per heavy atom. The minimum Gasteiger partial charge on any atom is -0.481 e. The largest absolute Gasteiger partial charge is 0.481 e. The zero-order valence-corrected chi connectivity index (χ0v) is 15.3. The molecule has 0 bridgehead atoms. The second-order valence-corrected chi connectivity index (χ2v) is 7.97. The Kier molecular flexibility index (Phi) is 5.66. The van der Waals surface area contributed by atoms with Gasteiger partial charge in [-0.3, -0.25) is 14.7 Å². The molecule has 3 rings (SSSR count). The van der Waals surface area contributed by atoms with E-state index in [0.717, 1.165) is 12.1 Å². The fraction of sp³-hybridized carbons (Fsp3) is 0.429. The van der Waals surface area contributed by atoms with E-state index in [1.54, 1.807) is 18.6 Å². The molecule has 0 spiro atoms. The highest BCUT2D eigenvalue weighted by Crippen LogP contribution is 2.23. The summed E-state index contributed by atoms with van der Waals surface area (Å²) in [6.07, 6.45) is 6.55. The van der Waals surface area contributed by atoms with Gasteiger partial charge in [0, 0.05) is 49.9 Å². The van der Waals surface area contributed by atoms with Gasteiger partial charge in [-0.2, -0.15) is 17.7 Å². The number of anilines is 1. The normalized spacial score (nSPS) is 14.8. The van der Waals surface area contributed by atoms with Crippen LogP contribution in [0.1, 0.15) is 12.1 Å². The maximum atomic E-state index is 12.2. The highest BCUT2D eigenvalue weighted by Gasteiger charge is 2.28. The van der Waals surface area contributed by atoms with Gasteiger partial charge >= 0.3 is 10.2 Å². The molecule has 2 aromatic rings. The van der Waals surface area contributed by atoms with E-state index in [0.29, 0.717) is 36.3 Å². The van der Waals surface area contributed by atoms with Gasteiger partial charge in [0.25, 0.3) is 0 Å². The molecule has 25 heavy (non-hydrogen) atoms. The van der Waals surface area contributed by atoms with Crippen LogP contribution in [0.2, 0.25) is 0 Å².